The Labute approximate surface area is 106 Å². The number of aliphatic carboxylic acids is 1. The average Bonchev–Trinajstić information content (AvgIpc) is 2.28. The molecule has 0 aliphatic carbocycles. The molecule has 1 rings (SSSR count). The lowest BCUT2D eigenvalue weighted by atomic mass is 10.1. The minimum absolute atomic E-state index is 0.115. The first kappa shape index (κ1) is 14.5. The van der Waals surface area contributed by atoms with Crippen molar-refractivity contribution in [2.45, 2.75) is 25.8 Å². The second kappa shape index (κ2) is 5.83. The summed E-state index contributed by atoms with van der Waals surface area (Å²) < 4.78 is 32.5. The van der Waals surface area contributed by atoms with Crippen LogP contribution in [-0.2, 0) is 15.1 Å². The number of nitrogens with zero attached hydrogens (tertiary/aromatic N) is 1. The zero-order valence-corrected chi connectivity index (χ0v) is 10.7. The maximum absolute atomic E-state index is 11.4. The van der Waals surface area contributed by atoms with E-state index in [9.17, 15) is 17.8 Å². The molecular formula is C11H15NO5S. The summed E-state index contributed by atoms with van der Waals surface area (Å²) in [6.07, 6.45) is 0.597. The normalized spacial score (nSPS) is 13.0. The molecule has 0 spiro atoms. The van der Waals surface area contributed by atoms with Gasteiger partial charge < -0.3 is 5.11 Å². The molecule has 7 heteroatoms. The van der Waals surface area contributed by atoms with Gasteiger partial charge in [0.2, 0.25) is 0 Å². The van der Waals surface area contributed by atoms with Gasteiger partial charge in [0.1, 0.15) is 6.04 Å². The molecule has 0 amide bonds. The molecule has 1 unspecified atom stereocenters. The SMILES string of the molecule is CCCC(C(=O)O)N(c1ccccc1)S(=O)(=O)O. The third kappa shape index (κ3) is 3.44. The highest BCUT2D eigenvalue weighted by Crippen LogP contribution is 2.22. The third-order valence-corrected chi connectivity index (χ3v) is 3.35. The van der Waals surface area contributed by atoms with Crippen LogP contribution in [0.25, 0.3) is 0 Å². The summed E-state index contributed by atoms with van der Waals surface area (Å²) in [7, 11) is -4.63. The van der Waals surface area contributed by atoms with E-state index in [0.717, 1.165) is 0 Å². The van der Waals surface area contributed by atoms with Crippen molar-refractivity contribution in [1.29, 1.82) is 0 Å². The molecule has 0 fully saturated rings. The predicted molar refractivity (Wildman–Crippen MR) is 66.8 cm³/mol. The Hall–Kier alpha value is -1.60. The molecule has 0 radical (unpaired) electrons. The zero-order valence-electron chi connectivity index (χ0n) is 9.85. The molecule has 1 aromatic carbocycles. The molecule has 0 aromatic heterocycles. The molecule has 0 bridgehead atoms. The molecule has 1 aromatic rings. The first-order chi connectivity index (χ1) is 8.38. The van der Waals surface area contributed by atoms with Crippen molar-refractivity contribution < 1.29 is 22.9 Å². The first-order valence-corrected chi connectivity index (χ1v) is 6.82. The van der Waals surface area contributed by atoms with E-state index in [0.29, 0.717) is 10.7 Å². The minimum atomic E-state index is -4.63. The summed E-state index contributed by atoms with van der Waals surface area (Å²) in [6.45, 7) is 1.74. The molecule has 6 nitrogen and oxygen atoms in total. The van der Waals surface area contributed by atoms with Crippen molar-refractivity contribution in [2.24, 2.45) is 0 Å². The summed E-state index contributed by atoms with van der Waals surface area (Å²) in [5.41, 5.74) is 0.126. The van der Waals surface area contributed by atoms with Crippen molar-refractivity contribution in [3.8, 4) is 0 Å². The molecular weight excluding hydrogens is 258 g/mol. The highest BCUT2D eigenvalue weighted by molar-refractivity contribution is 7.87. The van der Waals surface area contributed by atoms with Gasteiger partial charge in [0.15, 0.2) is 0 Å². The minimum Gasteiger partial charge on any atom is -0.480 e. The van der Waals surface area contributed by atoms with Crippen LogP contribution >= 0.6 is 0 Å². The van der Waals surface area contributed by atoms with Crippen molar-refractivity contribution >= 4 is 22.0 Å². The summed E-state index contributed by atoms with van der Waals surface area (Å²) >= 11 is 0. The zero-order chi connectivity index (χ0) is 13.8. The Morgan fingerprint density at radius 1 is 1.33 bits per heavy atom. The van der Waals surface area contributed by atoms with E-state index in [-0.39, 0.29) is 12.1 Å². The number of carboxylic acids is 1. The van der Waals surface area contributed by atoms with Crippen LogP contribution in [0.1, 0.15) is 19.8 Å². The first-order valence-electron chi connectivity index (χ1n) is 5.42. The van der Waals surface area contributed by atoms with E-state index in [1.54, 1.807) is 25.1 Å². The number of benzene rings is 1. The van der Waals surface area contributed by atoms with E-state index in [2.05, 4.69) is 0 Å². The fourth-order valence-electron chi connectivity index (χ4n) is 1.66. The van der Waals surface area contributed by atoms with Crippen LogP contribution in [0.4, 0.5) is 5.69 Å². The van der Waals surface area contributed by atoms with Gasteiger partial charge in [-0.3, -0.25) is 4.55 Å². The second-order valence-electron chi connectivity index (χ2n) is 3.75. The summed E-state index contributed by atoms with van der Waals surface area (Å²) in [6, 6.07) is 6.35. The standard InChI is InChI=1S/C11H15NO5S/c1-2-6-10(11(13)14)12(18(15,16)17)9-7-4-3-5-8-9/h3-5,7-8,10H,2,6H2,1H3,(H,13,14)(H,15,16,17). The van der Waals surface area contributed by atoms with Crippen LogP contribution in [0, 0.1) is 0 Å². The molecule has 2 N–H and O–H groups in total. The summed E-state index contributed by atoms with van der Waals surface area (Å²) in [5, 5.41) is 9.08. The fourth-order valence-corrected chi connectivity index (χ4v) is 2.57. The molecule has 0 saturated carbocycles. The van der Waals surface area contributed by atoms with E-state index in [1.165, 1.54) is 12.1 Å². The quantitative estimate of drug-likeness (QED) is 0.767. The van der Waals surface area contributed by atoms with Gasteiger partial charge in [0.05, 0.1) is 5.69 Å². The molecule has 1 atom stereocenters. The van der Waals surface area contributed by atoms with Crippen LogP contribution in [0.3, 0.4) is 0 Å². The molecule has 0 aliphatic heterocycles. The molecule has 100 valence electrons. The fraction of sp³-hybridized carbons (Fsp3) is 0.364. The highest BCUT2D eigenvalue weighted by atomic mass is 32.2. The van der Waals surface area contributed by atoms with Gasteiger partial charge in [0, 0.05) is 0 Å². The topological polar surface area (TPSA) is 94.9 Å². The predicted octanol–water partition coefficient (Wildman–Crippen LogP) is 1.55. The number of hydrogen-bond acceptors (Lipinski definition) is 3. The van der Waals surface area contributed by atoms with Gasteiger partial charge >= 0.3 is 16.3 Å². The highest BCUT2D eigenvalue weighted by Gasteiger charge is 2.33. The van der Waals surface area contributed by atoms with Crippen molar-refractivity contribution in [3.05, 3.63) is 30.3 Å². The molecule has 0 saturated heterocycles. The lowest BCUT2D eigenvalue weighted by molar-refractivity contribution is -0.138. The molecule has 18 heavy (non-hydrogen) atoms. The lowest BCUT2D eigenvalue weighted by Crippen LogP contribution is -2.45. The smallest absolute Gasteiger partial charge is 0.360 e. The van der Waals surface area contributed by atoms with Crippen molar-refractivity contribution in [1.82, 2.24) is 0 Å². The Balaban J connectivity index is 3.25. The van der Waals surface area contributed by atoms with Crippen molar-refractivity contribution in [2.75, 3.05) is 4.31 Å². The number of rotatable bonds is 6. The lowest BCUT2D eigenvalue weighted by Gasteiger charge is -2.27. The average molecular weight is 273 g/mol. The van der Waals surface area contributed by atoms with Crippen LogP contribution in [0.15, 0.2) is 30.3 Å². The van der Waals surface area contributed by atoms with E-state index >= 15 is 0 Å². The van der Waals surface area contributed by atoms with Crippen molar-refractivity contribution in [3.63, 3.8) is 0 Å². The number of para-hydroxylation sites is 1. The summed E-state index contributed by atoms with van der Waals surface area (Å²) in [4.78, 5) is 11.1. The maximum Gasteiger partial charge on any atom is 0.360 e. The van der Waals surface area contributed by atoms with Crippen LogP contribution in [-0.4, -0.2) is 30.1 Å². The Morgan fingerprint density at radius 2 is 1.89 bits per heavy atom. The Morgan fingerprint density at radius 3 is 2.28 bits per heavy atom. The second-order valence-corrected chi connectivity index (χ2v) is 5.04. The number of carbonyl (C=O) groups is 1. The van der Waals surface area contributed by atoms with E-state index in [1.807, 2.05) is 0 Å². The van der Waals surface area contributed by atoms with E-state index in [4.69, 9.17) is 5.11 Å². The summed E-state index contributed by atoms with van der Waals surface area (Å²) in [5.74, 6) is -1.29. The van der Waals surface area contributed by atoms with Crippen LogP contribution in [0.5, 0.6) is 0 Å². The molecule has 0 heterocycles. The Kier molecular flexibility index (Phi) is 4.69. The largest absolute Gasteiger partial charge is 0.480 e. The van der Waals surface area contributed by atoms with E-state index < -0.39 is 22.3 Å². The van der Waals surface area contributed by atoms with Crippen LogP contribution in [0.2, 0.25) is 0 Å². The third-order valence-electron chi connectivity index (χ3n) is 2.39. The molecule has 0 aliphatic rings. The maximum atomic E-state index is 11.4. The van der Waals surface area contributed by atoms with Gasteiger partial charge in [-0.2, -0.15) is 8.42 Å². The van der Waals surface area contributed by atoms with Gasteiger partial charge in [0.25, 0.3) is 0 Å². The number of carboxylic acid groups (broad SMARTS) is 1. The monoisotopic (exact) mass is 273 g/mol. The van der Waals surface area contributed by atoms with Gasteiger partial charge in [-0.1, -0.05) is 31.5 Å². The van der Waals surface area contributed by atoms with Gasteiger partial charge in [-0.05, 0) is 18.6 Å². The Bertz CT molecular complexity index is 499. The number of hydrogen-bond donors (Lipinski definition) is 2. The number of anilines is 1. The van der Waals surface area contributed by atoms with Gasteiger partial charge in [-0.15, -0.1) is 0 Å². The van der Waals surface area contributed by atoms with Crippen LogP contribution < -0.4 is 4.31 Å². The van der Waals surface area contributed by atoms with Gasteiger partial charge in [-0.25, -0.2) is 9.10 Å².